The number of aryl methyl sites for hydroxylation is 1. The minimum absolute atomic E-state index is 0.159. The first-order chi connectivity index (χ1) is 9.95. The summed E-state index contributed by atoms with van der Waals surface area (Å²) in [6, 6.07) is 11.4. The number of nitrogens with one attached hydrogen (secondary N) is 1. The van der Waals surface area contributed by atoms with E-state index in [9.17, 15) is 9.18 Å². The summed E-state index contributed by atoms with van der Waals surface area (Å²) in [5.74, 6) is -0.480. The van der Waals surface area contributed by atoms with Crippen molar-refractivity contribution >= 4 is 28.8 Å². The second kappa shape index (κ2) is 6.45. The van der Waals surface area contributed by atoms with E-state index < -0.39 is 0 Å². The van der Waals surface area contributed by atoms with Gasteiger partial charge in [-0.05, 0) is 36.2 Å². The fourth-order valence-electron chi connectivity index (χ4n) is 1.93. The van der Waals surface area contributed by atoms with Gasteiger partial charge in [-0.15, -0.1) is 0 Å². The number of rotatable bonds is 4. The summed E-state index contributed by atoms with van der Waals surface area (Å²) in [5.41, 5.74) is 8.44. The van der Waals surface area contributed by atoms with Crippen molar-refractivity contribution in [3.8, 4) is 0 Å². The molecule has 0 aliphatic heterocycles. The van der Waals surface area contributed by atoms with Gasteiger partial charge >= 0.3 is 0 Å². The molecule has 0 bridgehead atoms. The van der Waals surface area contributed by atoms with E-state index in [4.69, 9.17) is 18.0 Å². The molecule has 3 nitrogen and oxygen atoms in total. The van der Waals surface area contributed by atoms with Gasteiger partial charge in [0.15, 0.2) is 0 Å². The number of thiocarbonyl (C=S) groups is 1. The monoisotopic (exact) mass is 302 g/mol. The Morgan fingerprint density at radius 1 is 1.24 bits per heavy atom. The second-order valence-corrected chi connectivity index (χ2v) is 5.19. The van der Waals surface area contributed by atoms with E-state index in [0.29, 0.717) is 16.2 Å². The van der Waals surface area contributed by atoms with E-state index >= 15 is 0 Å². The molecule has 0 saturated heterocycles. The summed E-state index contributed by atoms with van der Waals surface area (Å²) in [6.07, 6.45) is 0.231. The number of hydrogen-bond donors (Lipinski definition) is 2. The molecule has 1 amide bonds. The number of halogens is 1. The molecule has 2 rings (SSSR count). The molecule has 108 valence electrons. The minimum atomic E-state index is -0.321. The smallest absolute Gasteiger partial charge is 0.228 e. The van der Waals surface area contributed by atoms with Crippen LogP contribution in [0.25, 0.3) is 0 Å². The molecule has 0 radical (unpaired) electrons. The number of amides is 1. The molecule has 5 heteroatoms. The molecule has 0 atom stereocenters. The molecule has 0 saturated carbocycles. The van der Waals surface area contributed by atoms with Crippen molar-refractivity contribution < 1.29 is 9.18 Å². The zero-order valence-corrected chi connectivity index (χ0v) is 12.3. The SMILES string of the molecule is Cc1cc(F)ccc1NC(=O)Cc1ccc(C(N)=S)cc1. The van der Waals surface area contributed by atoms with E-state index in [1.54, 1.807) is 25.1 Å². The zero-order chi connectivity index (χ0) is 15.4. The normalized spacial score (nSPS) is 10.2. The number of carbonyl (C=O) groups excluding carboxylic acids is 1. The van der Waals surface area contributed by atoms with Gasteiger partial charge in [0, 0.05) is 11.3 Å². The van der Waals surface area contributed by atoms with Crippen LogP contribution in [-0.4, -0.2) is 10.9 Å². The Bertz CT molecular complexity index is 683. The lowest BCUT2D eigenvalue weighted by Crippen LogP contribution is -2.15. The third-order valence-corrected chi connectivity index (χ3v) is 3.30. The minimum Gasteiger partial charge on any atom is -0.389 e. The molecule has 0 unspecified atom stereocenters. The van der Waals surface area contributed by atoms with Crippen LogP contribution in [0.2, 0.25) is 0 Å². The topological polar surface area (TPSA) is 55.1 Å². The van der Waals surface area contributed by atoms with Gasteiger partial charge in [0.2, 0.25) is 5.91 Å². The molecule has 21 heavy (non-hydrogen) atoms. The first-order valence-corrected chi connectivity index (χ1v) is 6.81. The van der Waals surface area contributed by atoms with E-state index in [2.05, 4.69) is 5.32 Å². The Kier molecular flexibility index (Phi) is 4.65. The van der Waals surface area contributed by atoms with Gasteiger partial charge in [-0.1, -0.05) is 36.5 Å². The summed E-state index contributed by atoms with van der Waals surface area (Å²) in [4.78, 5) is 12.3. The van der Waals surface area contributed by atoms with Crippen molar-refractivity contribution in [3.63, 3.8) is 0 Å². The van der Waals surface area contributed by atoms with E-state index in [1.165, 1.54) is 12.1 Å². The van der Waals surface area contributed by atoms with Crippen molar-refractivity contribution in [2.45, 2.75) is 13.3 Å². The summed E-state index contributed by atoms with van der Waals surface area (Å²) < 4.78 is 13.0. The third-order valence-electron chi connectivity index (χ3n) is 3.07. The summed E-state index contributed by atoms with van der Waals surface area (Å²) in [6.45, 7) is 1.75. The van der Waals surface area contributed by atoms with Crippen LogP contribution in [0.3, 0.4) is 0 Å². The lowest BCUT2D eigenvalue weighted by Gasteiger charge is -2.09. The molecule has 0 aliphatic carbocycles. The maximum absolute atomic E-state index is 13.0. The number of hydrogen-bond acceptors (Lipinski definition) is 2. The quantitative estimate of drug-likeness (QED) is 0.854. The van der Waals surface area contributed by atoms with Crippen molar-refractivity contribution in [3.05, 3.63) is 65.0 Å². The predicted molar refractivity (Wildman–Crippen MR) is 85.8 cm³/mol. The summed E-state index contributed by atoms with van der Waals surface area (Å²) >= 11 is 4.87. The average molecular weight is 302 g/mol. The van der Waals surface area contributed by atoms with Gasteiger partial charge in [-0.25, -0.2) is 4.39 Å². The Morgan fingerprint density at radius 3 is 2.48 bits per heavy atom. The standard InChI is InChI=1S/C16H15FN2OS/c1-10-8-13(17)6-7-14(10)19-15(20)9-11-2-4-12(5-3-11)16(18)21/h2-8H,9H2,1H3,(H2,18,21)(H,19,20). The largest absolute Gasteiger partial charge is 0.389 e. The molecule has 0 heterocycles. The van der Waals surface area contributed by atoms with Crippen LogP contribution < -0.4 is 11.1 Å². The highest BCUT2D eigenvalue weighted by Gasteiger charge is 2.07. The lowest BCUT2D eigenvalue weighted by atomic mass is 10.1. The van der Waals surface area contributed by atoms with Crippen molar-refractivity contribution in [2.24, 2.45) is 5.73 Å². The van der Waals surface area contributed by atoms with Crippen molar-refractivity contribution in [1.29, 1.82) is 0 Å². The van der Waals surface area contributed by atoms with Gasteiger partial charge in [0.1, 0.15) is 10.8 Å². The first-order valence-electron chi connectivity index (χ1n) is 6.40. The van der Waals surface area contributed by atoms with Gasteiger partial charge in [0.05, 0.1) is 6.42 Å². The number of nitrogens with two attached hydrogens (primary N) is 1. The van der Waals surface area contributed by atoms with Crippen molar-refractivity contribution in [2.75, 3.05) is 5.32 Å². The molecular weight excluding hydrogens is 287 g/mol. The fourth-order valence-corrected chi connectivity index (χ4v) is 2.07. The Balaban J connectivity index is 2.02. The van der Waals surface area contributed by atoms with E-state index in [0.717, 1.165) is 11.1 Å². The van der Waals surface area contributed by atoms with Gasteiger partial charge in [-0.2, -0.15) is 0 Å². The van der Waals surface area contributed by atoms with Gasteiger partial charge < -0.3 is 11.1 Å². The van der Waals surface area contributed by atoms with Crippen LogP contribution in [0.4, 0.5) is 10.1 Å². The van der Waals surface area contributed by atoms with Crippen LogP contribution in [0.1, 0.15) is 16.7 Å². The molecule has 0 aliphatic rings. The number of carbonyl (C=O) groups is 1. The second-order valence-electron chi connectivity index (χ2n) is 4.75. The Morgan fingerprint density at radius 2 is 1.90 bits per heavy atom. The number of benzene rings is 2. The van der Waals surface area contributed by atoms with Crippen LogP contribution in [0.5, 0.6) is 0 Å². The van der Waals surface area contributed by atoms with E-state index in [1.807, 2.05) is 12.1 Å². The maximum atomic E-state index is 13.0. The van der Waals surface area contributed by atoms with Crippen LogP contribution in [-0.2, 0) is 11.2 Å². The highest BCUT2D eigenvalue weighted by Crippen LogP contribution is 2.16. The Hall–Kier alpha value is -2.27. The summed E-state index contributed by atoms with van der Waals surface area (Å²) in [7, 11) is 0. The van der Waals surface area contributed by atoms with Crippen LogP contribution >= 0.6 is 12.2 Å². The van der Waals surface area contributed by atoms with Crippen molar-refractivity contribution in [1.82, 2.24) is 0 Å². The first kappa shape index (κ1) is 15.1. The molecule has 2 aromatic rings. The van der Waals surface area contributed by atoms with E-state index in [-0.39, 0.29) is 18.1 Å². The highest BCUT2D eigenvalue weighted by atomic mass is 32.1. The molecule has 0 aromatic heterocycles. The third kappa shape index (κ3) is 4.10. The summed E-state index contributed by atoms with van der Waals surface area (Å²) in [5, 5.41) is 2.77. The van der Waals surface area contributed by atoms with Crippen LogP contribution in [0.15, 0.2) is 42.5 Å². The Labute approximate surface area is 128 Å². The molecule has 3 N–H and O–H groups in total. The average Bonchev–Trinajstić information content (AvgIpc) is 2.42. The predicted octanol–water partition coefficient (Wildman–Crippen LogP) is 2.95. The van der Waals surface area contributed by atoms with Gasteiger partial charge in [-0.3, -0.25) is 4.79 Å². The molecule has 2 aromatic carbocycles. The molecular formula is C16H15FN2OS. The fraction of sp³-hybridized carbons (Fsp3) is 0.125. The maximum Gasteiger partial charge on any atom is 0.228 e. The lowest BCUT2D eigenvalue weighted by molar-refractivity contribution is -0.115. The molecule has 0 spiro atoms. The molecule has 0 fully saturated rings. The van der Waals surface area contributed by atoms with Gasteiger partial charge in [0.25, 0.3) is 0 Å². The zero-order valence-electron chi connectivity index (χ0n) is 11.5. The van der Waals surface area contributed by atoms with Crippen LogP contribution in [0, 0.1) is 12.7 Å². The number of anilines is 1. The highest BCUT2D eigenvalue weighted by molar-refractivity contribution is 7.80.